The van der Waals surface area contributed by atoms with Gasteiger partial charge in [-0.1, -0.05) is 24.8 Å². The molecule has 0 aromatic carbocycles. The quantitative estimate of drug-likeness (QED) is 0.429. The third-order valence-corrected chi connectivity index (χ3v) is 5.85. The first-order valence-electron chi connectivity index (χ1n) is 10.6. The molecule has 0 amide bonds. The van der Waals surface area contributed by atoms with Gasteiger partial charge in [0.05, 0.1) is 17.4 Å². The first kappa shape index (κ1) is 19.4. The predicted octanol–water partition coefficient (Wildman–Crippen LogP) is 4.14. The molecule has 0 saturated carbocycles. The molecule has 0 unspecified atom stereocenters. The van der Waals surface area contributed by atoms with Crippen molar-refractivity contribution < 1.29 is 0 Å². The lowest BCUT2D eigenvalue weighted by Crippen LogP contribution is -2.27. The summed E-state index contributed by atoms with van der Waals surface area (Å²) in [7, 11) is 0. The van der Waals surface area contributed by atoms with E-state index in [1.807, 2.05) is 37.5 Å². The fourth-order valence-corrected chi connectivity index (χ4v) is 4.24. The molecule has 1 fully saturated rings. The van der Waals surface area contributed by atoms with Crippen LogP contribution in [0.1, 0.15) is 41.4 Å². The second-order valence-corrected chi connectivity index (χ2v) is 7.87. The van der Waals surface area contributed by atoms with E-state index >= 15 is 0 Å². The molecule has 5 heterocycles. The highest BCUT2D eigenvalue weighted by atomic mass is 15.1. The van der Waals surface area contributed by atoms with Crippen molar-refractivity contribution in [3.05, 3.63) is 78.2 Å². The van der Waals surface area contributed by atoms with Crippen molar-refractivity contribution >= 4 is 16.5 Å². The Morgan fingerprint density at radius 2 is 2.10 bits per heavy atom. The molecule has 5 rings (SSSR count). The fraction of sp³-hybridized carbons (Fsp3) is 0.250. The maximum Gasteiger partial charge on any atom is 0.159 e. The third-order valence-electron chi connectivity index (χ3n) is 5.85. The van der Waals surface area contributed by atoms with Crippen LogP contribution in [0.4, 0.5) is 0 Å². The molecule has 1 aliphatic rings. The monoisotopic (exact) mass is 411 g/mol. The molecule has 156 valence electrons. The van der Waals surface area contributed by atoms with E-state index < -0.39 is 0 Å². The van der Waals surface area contributed by atoms with E-state index in [9.17, 15) is 0 Å². The summed E-state index contributed by atoms with van der Waals surface area (Å²) in [5.41, 5.74) is 6.65. The van der Waals surface area contributed by atoms with E-state index in [-0.39, 0.29) is 0 Å². The molecule has 1 saturated heterocycles. The number of pyridine rings is 2. The van der Waals surface area contributed by atoms with Crippen LogP contribution in [0.5, 0.6) is 0 Å². The van der Waals surface area contributed by atoms with Gasteiger partial charge < -0.3 is 10.3 Å². The van der Waals surface area contributed by atoms with Crippen molar-refractivity contribution in [1.82, 2.24) is 35.5 Å². The minimum atomic E-state index is 0.481. The second kappa shape index (κ2) is 8.28. The van der Waals surface area contributed by atoms with Crippen LogP contribution in [0.15, 0.2) is 55.5 Å². The zero-order valence-corrected chi connectivity index (χ0v) is 17.5. The second-order valence-electron chi connectivity index (χ2n) is 7.87. The summed E-state index contributed by atoms with van der Waals surface area (Å²) in [6, 6.07) is 6.12. The highest BCUT2D eigenvalue weighted by Gasteiger charge is 2.21. The van der Waals surface area contributed by atoms with Crippen LogP contribution < -0.4 is 5.32 Å². The van der Waals surface area contributed by atoms with E-state index in [0.29, 0.717) is 5.92 Å². The van der Waals surface area contributed by atoms with Gasteiger partial charge in [0.25, 0.3) is 0 Å². The lowest BCUT2D eigenvalue weighted by Gasteiger charge is -2.21. The highest BCUT2D eigenvalue weighted by molar-refractivity contribution is 5.91. The van der Waals surface area contributed by atoms with E-state index in [1.54, 1.807) is 12.3 Å². The summed E-state index contributed by atoms with van der Waals surface area (Å²) in [5, 5.41) is 12.1. The van der Waals surface area contributed by atoms with Crippen molar-refractivity contribution in [2.24, 2.45) is 0 Å². The van der Waals surface area contributed by atoms with Crippen molar-refractivity contribution in [3.8, 4) is 11.5 Å². The Morgan fingerprint density at radius 3 is 2.87 bits per heavy atom. The zero-order chi connectivity index (χ0) is 21.2. The third kappa shape index (κ3) is 3.68. The molecule has 4 aromatic rings. The zero-order valence-electron chi connectivity index (χ0n) is 17.5. The topological polar surface area (TPSA) is 95.2 Å². The molecular weight excluding hydrogens is 386 g/mol. The molecule has 0 radical (unpaired) electrons. The molecule has 0 spiro atoms. The van der Waals surface area contributed by atoms with Gasteiger partial charge in [0.1, 0.15) is 5.69 Å². The number of allylic oxidation sites excluding steroid dienone is 2. The van der Waals surface area contributed by atoms with Gasteiger partial charge in [0.15, 0.2) is 5.82 Å². The van der Waals surface area contributed by atoms with Crippen molar-refractivity contribution in [3.63, 3.8) is 0 Å². The summed E-state index contributed by atoms with van der Waals surface area (Å²) in [4.78, 5) is 17.3. The fourth-order valence-electron chi connectivity index (χ4n) is 4.24. The lowest BCUT2D eigenvalue weighted by molar-refractivity contribution is 0.453. The average Bonchev–Trinajstić information content (AvgIpc) is 3.41. The first-order valence-corrected chi connectivity index (χ1v) is 10.6. The molecule has 7 nitrogen and oxygen atoms in total. The smallest absolute Gasteiger partial charge is 0.159 e. The minimum absolute atomic E-state index is 0.481. The standard InChI is InChI=1S/C24H25N7/c1-3-5-18(17-6-4-9-26-13-17)22-15(2)28-24(29-22)23-19-12-20(16-7-10-25-11-8-16)27-14-21(19)30-31-23/h3-6,9,12-14,16,25H,1,7-8,10-11H2,2H3,(H,28,29)(H,30,31)/b18-5-. The lowest BCUT2D eigenvalue weighted by atomic mass is 9.93. The Hall–Kier alpha value is -3.58. The van der Waals surface area contributed by atoms with Gasteiger partial charge in [0, 0.05) is 46.2 Å². The number of aromatic amines is 2. The average molecular weight is 412 g/mol. The molecule has 31 heavy (non-hydrogen) atoms. The summed E-state index contributed by atoms with van der Waals surface area (Å²) < 4.78 is 0. The van der Waals surface area contributed by atoms with Gasteiger partial charge in [-0.2, -0.15) is 5.10 Å². The molecule has 0 atom stereocenters. The van der Waals surface area contributed by atoms with E-state index in [0.717, 1.165) is 76.6 Å². The summed E-state index contributed by atoms with van der Waals surface area (Å²) in [6.07, 6.45) is 11.4. The van der Waals surface area contributed by atoms with Crippen molar-refractivity contribution in [2.45, 2.75) is 25.7 Å². The highest BCUT2D eigenvalue weighted by Crippen LogP contribution is 2.32. The summed E-state index contributed by atoms with van der Waals surface area (Å²) in [6.45, 7) is 7.97. The number of fused-ring (bicyclic) bond motifs is 1. The van der Waals surface area contributed by atoms with Crippen LogP contribution in [-0.4, -0.2) is 43.2 Å². The van der Waals surface area contributed by atoms with Gasteiger partial charge >= 0.3 is 0 Å². The number of H-pyrrole nitrogens is 2. The Balaban J connectivity index is 1.57. The Labute approximate surface area is 180 Å². The van der Waals surface area contributed by atoms with Crippen molar-refractivity contribution in [1.29, 1.82) is 0 Å². The number of rotatable bonds is 5. The molecule has 4 aromatic heterocycles. The van der Waals surface area contributed by atoms with Crippen LogP contribution >= 0.6 is 0 Å². The number of hydrogen-bond acceptors (Lipinski definition) is 5. The molecular formula is C24H25N7. The molecule has 7 heteroatoms. The normalized spacial score (nSPS) is 15.5. The summed E-state index contributed by atoms with van der Waals surface area (Å²) >= 11 is 0. The first-order chi connectivity index (χ1) is 15.2. The van der Waals surface area contributed by atoms with Gasteiger partial charge in [-0.3, -0.25) is 15.1 Å². The maximum absolute atomic E-state index is 4.93. The molecule has 1 aliphatic heterocycles. The summed E-state index contributed by atoms with van der Waals surface area (Å²) in [5.74, 6) is 1.22. The Bertz CT molecular complexity index is 1240. The number of imidazole rings is 1. The Kier molecular flexibility index (Phi) is 5.18. The van der Waals surface area contributed by atoms with Crippen LogP contribution in [0.2, 0.25) is 0 Å². The largest absolute Gasteiger partial charge is 0.340 e. The van der Waals surface area contributed by atoms with Gasteiger partial charge in [-0.25, -0.2) is 4.98 Å². The molecule has 0 aliphatic carbocycles. The van der Waals surface area contributed by atoms with Crippen LogP contribution in [0.25, 0.3) is 28.0 Å². The van der Waals surface area contributed by atoms with E-state index in [1.165, 1.54) is 0 Å². The van der Waals surface area contributed by atoms with E-state index in [4.69, 9.17) is 9.97 Å². The number of aryl methyl sites for hydroxylation is 1. The predicted molar refractivity (Wildman–Crippen MR) is 123 cm³/mol. The van der Waals surface area contributed by atoms with Crippen LogP contribution in [0, 0.1) is 6.92 Å². The van der Waals surface area contributed by atoms with Gasteiger partial charge in [0.2, 0.25) is 0 Å². The van der Waals surface area contributed by atoms with E-state index in [2.05, 4.69) is 38.1 Å². The molecule has 3 N–H and O–H groups in total. The number of nitrogens with one attached hydrogen (secondary N) is 3. The number of aromatic nitrogens is 6. The minimum Gasteiger partial charge on any atom is -0.340 e. The number of piperidine rings is 1. The van der Waals surface area contributed by atoms with Crippen LogP contribution in [-0.2, 0) is 0 Å². The van der Waals surface area contributed by atoms with Crippen LogP contribution in [0.3, 0.4) is 0 Å². The maximum atomic E-state index is 4.93. The number of hydrogen-bond donors (Lipinski definition) is 3. The van der Waals surface area contributed by atoms with Crippen molar-refractivity contribution in [2.75, 3.05) is 13.1 Å². The SMILES string of the molecule is C=C/C=C(/c1cccnc1)c1nc(-c2n[nH]c3cnc(C4CCNCC4)cc23)[nH]c1C. The number of nitrogens with zero attached hydrogens (tertiary/aromatic N) is 4. The Morgan fingerprint density at radius 1 is 1.23 bits per heavy atom. The van der Waals surface area contributed by atoms with Gasteiger partial charge in [-0.15, -0.1) is 0 Å². The molecule has 0 bridgehead atoms. The van der Waals surface area contributed by atoms with Gasteiger partial charge in [-0.05, 0) is 45.0 Å².